The number of thioether (sulfide) groups is 6. The summed E-state index contributed by atoms with van der Waals surface area (Å²) in [6, 6.07) is 40.5. The van der Waals surface area contributed by atoms with Crippen LogP contribution in [0.3, 0.4) is 0 Å². The molecular weight excluding hydrogens is 801 g/mol. The fraction of sp³-hybridized carbons (Fsp3) is 0.0435. The summed E-state index contributed by atoms with van der Waals surface area (Å²) in [5.41, 5.74) is 15.2. The van der Waals surface area contributed by atoms with Crippen LogP contribution < -0.4 is 0 Å². The fourth-order valence-electron chi connectivity index (χ4n) is 7.25. The van der Waals surface area contributed by atoms with E-state index in [9.17, 15) is 0 Å². The van der Waals surface area contributed by atoms with E-state index in [0.29, 0.717) is 0 Å². The number of nitrogens with zero attached hydrogens (tertiary/aromatic N) is 2. The summed E-state index contributed by atoms with van der Waals surface area (Å²) in [6.07, 6.45) is 13.0. The summed E-state index contributed by atoms with van der Waals surface area (Å²) < 4.78 is 5.43. The Kier molecular flexibility index (Phi) is 9.95. The van der Waals surface area contributed by atoms with Crippen LogP contribution in [0.2, 0.25) is 0 Å². The van der Waals surface area contributed by atoms with Gasteiger partial charge in [-0.3, -0.25) is 0 Å². The van der Waals surface area contributed by atoms with Crippen molar-refractivity contribution in [1.82, 2.24) is 19.9 Å². The Balaban J connectivity index is 1.28. The fourth-order valence-corrected chi connectivity index (χ4v) is 14.9. The zero-order chi connectivity index (χ0) is 37.6. The molecule has 272 valence electrons. The van der Waals surface area contributed by atoms with Crippen molar-refractivity contribution in [2.75, 3.05) is 12.5 Å². The first-order valence-electron chi connectivity index (χ1n) is 17.9. The van der Waals surface area contributed by atoms with Gasteiger partial charge in [-0.2, -0.15) is 0 Å². The van der Waals surface area contributed by atoms with Gasteiger partial charge in [-0.05, 0) is 83.2 Å². The zero-order valence-corrected chi connectivity index (χ0v) is 35.1. The quantitative estimate of drug-likeness (QED) is 0.172. The van der Waals surface area contributed by atoms with Crippen molar-refractivity contribution >= 4 is 122 Å². The number of benzene rings is 3. The maximum absolute atomic E-state index is 5.49. The smallest absolute Gasteiger partial charge is 0.0742 e. The number of hydrogen-bond acceptors (Lipinski definition) is 8. The van der Waals surface area contributed by atoms with E-state index >= 15 is 0 Å². The molecule has 0 fully saturated rings. The Labute approximate surface area is 351 Å². The van der Waals surface area contributed by atoms with Gasteiger partial charge in [-0.1, -0.05) is 138 Å². The van der Waals surface area contributed by atoms with Gasteiger partial charge in [0, 0.05) is 49.2 Å². The SMILES string of the molecule is CSC1=C(SC)SC(=C2SC=C(c3c4nc(c(-c5ccccc5)c5ccc([nH]5)c(-c5ccccc5)c5nc(c(-c6ccccc6)c6ccc3[nH]6)C=C5)C=C4)S2)S1. The molecule has 2 N–H and O–H groups in total. The third-order valence-electron chi connectivity index (χ3n) is 9.74. The van der Waals surface area contributed by atoms with Crippen LogP contribution in [0, 0.1) is 0 Å². The van der Waals surface area contributed by atoms with Crippen LogP contribution in [0.4, 0.5) is 0 Å². The average Bonchev–Trinajstić information content (AvgIpc) is 4.10. The first-order valence-corrected chi connectivity index (χ1v) is 23.7. The lowest BCUT2D eigenvalue weighted by molar-refractivity contribution is 1.30. The number of fused-ring (bicyclic) bond motifs is 8. The predicted octanol–water partition coefficient (Wildman–Crippen LogP) is 14.9. The highest BCUT2D eigenvalue weighted by Gasteiger charge is 2.28. The van der Waals surface area contributed by atoms with Gasteiger partial charge in [0.15, 0.2) is 0 Å². The maximum atomic E-state index is 5.49. The van der Waals surface area contributed by atoms with Crippen molar-refractivity contribution in [1.29, 1.82) is 0 Å². The first kappa shape index (κ1) is 36.0. The minimum Gasteiger partial charge on any atom is -0.354 e. The van der Waals surface area contributed by atoms with Gasteiger partial charge in [0.1, 0.15) is 0 Å². The van der Waals surface area contributed by atoms with Crippen molar-refractivity contribution in [2.24, 2.45) is 0 Å². The number of aromatic nitrogens is 4. The van der Waals surface area contributed by atoms with Crippen LogP contribution >= 0.6 is 70.6 Å². The number of hydrogen-bond donors (Lipinski definition) is 2. The molecule has 0 amide bonds. The van der Waals surface area contributed by atoms with Crippen LogP contribution in [-0.2, 0) is 0 Å². The number of H-pyrrole nitrogens is 2. The molecule has 3 aromatic heterocycles. The van der Waals surface area contributed by atoms with Crippen molar-refractivity contribution in [2.45, 2.75) is 0 Å². The summed E-state index contributed by atoms with van der Waals surface area (Å²) in [5.74, 6) is 0. The molecule has 8 bridgehead atoms. The molecule has 6 aromatic rings. The molecule has 10 heteroatoms. The standard InChI is InChI=1S/C46H32N4S6/c1-51-43-44(52-2)56-46(55-43)45-53-26-38(54-45)42-36-24-22-34(49-36)40(28-14-8-4-9-15-28)32-20-18-30(47-32)39(27-12-6-3-7-13-27)31-19-21-33(48-31)41(29-16-10-5-11-17-29)35-23-25-37(42)50-35/h3-26,47,50H,1-2H3. The molecule has 4 nitrogen and oxygen atoms in total. The van der Waals surface area contributed by atoms with Crippen LogP contribution in [0.25, 0.3) is 84.7 Å². The van der Waals surface area contributed by atoms with E-state index in [1.807, 2.05) is 70.6 Å². The normalized spacial score (nSPS) is 15.0. The summed E-state index contributed by atoms with van der Waals surface area (Å²) in [4.78, 5) is 19.8. The second-order valence-corrected chi connectivity index (χ2v) is 19.7. The lowest BCUT2D eigenvalue weighted by atomic mass is 10.0. The number of aromatic amines is 2. The van der Waals surface area contributed by atoms with E-state index < -0.39 is 0 Å². The van der Waals surface area contributed by atoms with Crippen molar-refractivity contribution < 1.29 is 0 Å². The molecule has 4 aliphatic heterocycles. The van der Waals surface area contributed by atoms with E-state index in [0.717, 1.165) is 83.8 Å². The topological polar surface area (TPSA) is 57.4 Å². The molecule has 0 saturated heterocycles. The van der Waals surface area contributed by atoms with Gasteiger partial charge >= 0.3 is 0 Å². The van der Waals surface area contributed by atoms with E-state index in [4.69, 9.17) is 9.97 Å². The van der Waals surface area contributed by atoms with Crippen molar-refractivity contribution in [3.8, 4) is 33.4 Å². The van der Waals surface area contributed by atoms with Gasteiger partial charge < -0.3 is 9.97 Å². The van der Waals surface area contributed by atoms with E-state index in [-0.39, 0.29) is 0 Å². The largest absolute Gasteiger partial charge is 0.354 e. The van der Waals surface area contributed by atoms with E-state index in [2.05, 4.69) is 167 Å². The lowest BCUT2D eigenvalue weighted by Gasteiger charge is -2.07. The van der Waals surface area contributed by atoms with Crippen LogP contribution in [0.5, 0.6) is 0 Å². The molecule has 3 aromatic carbocycles. The van der Waals surface area contributed by atoms with Gasteiger partial charge in [0.25, 0.3) is 0 Å². The second kappa shape index (κ2) is 15.5. The first-order chi connectivity index (χ1) is 27.6. The second-order valence-electron chi connectivity index (χ2n) is 13.1. The molecule has 56 heavy (non-hydrogen) atoms. The van der Waals surface area contributed by atoms with Crippen LogP contribution in [0.15, 0.2) is 138 Å². The molecular formula is C46H32N4S6. The molecule has 10 rings (SSSR count). The predicted molar refractivity (Wildman–Crippen MR) is 255 cm³/mol. The van der Waals surface area contributed by atoms with Crippen molar-refractivity contribution in [3.63, 3.8) is 0 Å². The summed E-state index contributed by atoms with van der Waals surface area (Å²) in [5, 5.41) is 2.30. The molecule has 0 atom stereocenters. The Morgan fingerprint density at radius 3 is 1.20 bits per heavy atom. The Bertz CT molecular complexity index is 2810. The molecule has 0 unspecified atom stereocenters. The Morgan fingerprint density at radius 2 is 0.804 bits per heavy atom. The van der Waals surface area contributed by atoms with E-state index in [1.165, 1.54) is 21.9 Å². The highest BCUT2D eigenvalue weighted by Crippen LogP contribution is 2.63. The molecule has 0 saturated carbocycles. The van der Waals surface area contributed by atoms with Crippen LogP contribution in [-0.4, -0.2) is 32.4 Å². The third kappa shape index (κ3) is 6.66. The third-order valence-corrected chi connectivity index (χ3v) is 17.9. The van der Waals surface area contributed by atoms with Gasteiger partial charge in [0.2, 0.25) is 0 Å². The van der Waals surface area contributed by atoms with Crippen molar-refractivity contribution in [3.05, 3.63) is 166 Å². The number of rotatable bonds is 6. The van der Waals surface area contributed by atoms with E-state index in [1.54, 1.807) is 0 Å². The van der Waals surface area contributed by atoms with Gasteiger partial charge in [-0.15, -0.1) is 23.5 Å². The summed E-state index contributed by atoms with van der Waals surface area (Å²) in [7, 11) is 0. The highest BCUT2D eigenvalue weighted by molar-refractivity contribution is 8.42. The molecule has 7 heterocycles. The van der Waals surface area contributed by atoms with Gasteiger partial charge in [-0.25, -0.2) is 9.97 Å². The zero-order valence-electron chi connectivity index (χ0n) is 30.2. The molecule has 0 radical (unpaired) electrons. The maximum Gasteiger partial charge on any atom is 0.0742 e. The number of nitrogens with one attached hydrogen (secondary N) is 2. The molecule has 0 aliphatic carbocycles. The highest BCUT2D eigenvalue weighted by atomic mass is 32.3. The van der Waals surface area contributed by atoms with Crippen LogP contribution in [0.1, 0.15) is 28.3 Å². The lowest BCUT2D eigenvalue weighted by Crippen LogP contribution is -1.90. The summed E-state index contributed by atoms with van der Waals surface area (Å²) >= 11 is 11.1. The minimum absolute atomic E-state index is 0.908. The Morgan fingerprint density at radius 1 is 0.429 bits per heavy atom. The van der Waals surface area contributed by atoms with Gasteiger partial charge in [0.05, 0.1) is 39.7 Å². The Hall–Kier alpha value is -4.42. The molecule has 4 aliphatic rings. The minimum atomic E-state index is 0.908. The summed E-state index contributed by atoms with van der Waals surface area (Å²) in [6.45, 7) is 0. The monoisotopic (exact) mass is 832 g/mol. The molecule has 0 spiro atoms. The average molecular weight is 833 g/mol.